The van der Waals surface area contributed by atoms with Crippen molar-refractivity contribution in [3.8, 4) is 5.75 Å². The molecule has 1 aliphatic rings. The van der Waals surface area contributed by atoms with Crippen molar-refractivity contribution in [2.45, 2.75) is 37.7 Å². The summed E-state index contributed by atoms with van der Waals surface area (Å²) in [6, 6.07) is 3.14. The Morgan fingerprint density at radius 3 is 2.73 bits per heavy atom. The van der Waals surface area contributed by atoms with Crippen LogP contribution in [0.4, 0.5) is 27.6 Å². The first-order chi connectivity index (χ1) is 15.5. The Bertz CT molecular complexity index is 1030. The van der Waals surface area contributed by atoms with Gasteiger partial charge in [0, 0.05) is 18.1 Å². The molecular weight excluding hydrogens is 497 g/mol. The van der Waals surface area contributed by atoms with Crippen molar-refractivity contribution >= 4 is 34.3 Å². The van der Waals surface area contributed by atoms with Crippen LogP contribution >= 0.6 is 11.6 Å². The van der Waals surface area contributed by atoms with E-state index in [0.717, 1.165) is 16.9 Å². The number of esters is 1. The first-order valence-corrected chi connectivity index (χ1v) is 11.2. The fraction of sp³-hybridized carbons (Fsp3) is 0.474. The van der Waals surface area contributed by atoms with E-state index in [9.17, 15) is 31.0 Å². The highest BCUT2D eigenvalue weighted by Crippen LogP contribution is 2.38. The van der Waals surface area contributed by atoms with Gasteiger partial charge in [-0.2, -0.15) is 18.3 Å². The van der Waals surface area contributed by atoms with Crippen LogP contribution in [0.25, 0.3) is 0 Å². The van der Waals surface area contributed by atoms with E-state index in [1.165, 1.54) is 12.1 Å². The molecule has 0 spiro atoms. The molecule has 0 aliphatic carbocycles. The largest absolute Gasteiger partial charge is 0.508 e. The molecule has 3 rings (SSSR count). The van der Waals surface area contributed by atoms with Crippen LogP contribution in [0, 0.1) is 0 Å². The second kappa shape index (κ2) is 10.2. The summed E-state index contributed by atoms with van der Waals surface area (Å²) in [6.07, 6.45) is -1.11. The molecule has 2 unspecified atom stereocenters. The molecular formula is C19H19ClF5N3O4S. The summed E-state index contributed by atoms with van der Waals surface area (Å²) in [6.45, 7) is 1.95. The Hall–Kier alpha value is -2.41. The summed E-state index contributed by atoms with van der Waals surface area (Å²) >= 11 is 2.40. The van der Waals surface area contributed by atoms with Crippen LogP contribution < -0.4 is 9.08 Å². The van der Waals surface area contributed by atoms with Crippen molar-refractivity contribution in [3.05, 3.63) is 40.7 Å². The number of rotatable bonds is 7. The van der Waals surface area contributed by atoms with Crippen molar-refractivity contribution in [2.75, 3.05) is 24.6 Å². The molecule has 0 radical (unpaired) electrons. The van der Waals surface area contributed by atoms with E-state index >= 15 is 0 Å². The van der Waals surface area contributed by atoms with E-state index in [-0.39, 0.29) is 35.2 Å². The molecule has 2 heterocycles. The van der Waals surface area contributed by atoms with Gasteiger partial charge in [-0.25, -0.2) is 17.8 Å². The molecule has 2 aromatic rings. The summed E-state index contributed by atoms with van der Waals surface area (Å²) < 4.78 is 87.7. The fourth-order valence-electron chi connectivity index (χ4n) is 3.56. The van der Waals surface area contributed by atoms with E-state index in [0.29, 0.717) is 19.4 Å². The number of nitrogens with zero attached hydrogens (tertiary/aromatic N) is 3. The summed E-state index contributed by atoms with van der Waals surface area (Å²) in [7, 11) is 0. The van der Waals surface area contributed by atoms with Crippen LogP contribution in [0.2, 0.25) is 5.02 Å². The van der Waals surface area contributed by atoms with Gasteiger partial charge in [-0.1, -0.05) is 11.6 Å². The average molecular weight is 516 g/mol. The maximum absolute atomic E-state index is 13.8. The monoisotopic (exact) mass is 515 g/mol. The molecule has 1 aliphatic heterocycles. The van der Waals surface area contributed by atoms with Crippen LogP contribution in [0.1, 0.15) is 48.3 Å². The number of halogens is 6. The molecule has 0 bridgehead atoms. The average Bonchev–Trinajstić information content (AvgIpc) is 3.20. The second-order valence-electron chi connectivity index (χ2n) is 7.03. The molecule has 14 heteroatoms. The third-order valence-corrected chi connectivity index (χ3v) is 5.84. The summed E-state index contributed by atoms with van der Waals surface area (Å²) in [5, 5.41) is 4.16. The number of alkyl halides is 5. The van der Waals surface area contributed by atoms with Gasteiger partial charge in [-0.05, 0) is 38.0 Å². The normalized spacial score (nSPS) is 17.8. The summed E-state index contributed by atoms with van der Waals surface area (Å²) in [4.78, 5) is 13.6. The standard InChI is InChI=1S/C19H19ClF5N3O4S/c1-2-31-18(29)13-9-26-28(16(13)17(21)22)12-4-3-7-27(10-12)14-8-11(20)5-6-15(14)32-33(30)19(23,24)25/h5-6,8-9,12,17H,2-4,7,10H2,1H3. The van der Waals surface area contributed by atoms with Crippen LogP contribution in [-0.2, 0) is 15.8 Å². The van der Waals surface area contributed by atoms with Gasteiger partial charge in [0.25, 0.3) is 6.43 Å². The van der Waals surface area contributed by atoms with Crippen LogP contribution in [-0.4, -0.2) is 45.2 Å². The number of carbonyl (C=O) groups is 1. The minimum absolute atomic E-state index is 0.000732. The maximum Gasteiger partial charge on any atom is 0.508 e. The Morgan fingerprint density at radius 1 is 1.36 bits per heavy atom. The number of hydrogen-bond donors (Lipinski definition) is 0. The fourth-order valence-corrected chi connectivity index (χ4v) is 4.12. The number of aromatic nitrogens is 2. The lowest BCUT2D eigenvalue weighted by molar-refractivity contribution is -0.0437. The highest BCUT2D eigenvalue weighted by Gasteiger charge is 2.41. The molecule has 0 amide bonds. The van der Waals surface area contributed by atoms with Gasteiger partial charge in [-0.3, -0.25) is 4.68 Å². The first-order valence-electron chi connectivity index (χ1n) is 9.77. The minimum atomic E-state index is -5.09. The molecule has 1 fully saturated rings. The van der Waals surface area contributed by atoms with Gasteiger partial charge in [0.1, 0.15) is 11.3 Å². The van der Waals surface area contributed by atoms with Crippen molar-refractivity contribution in [1.82, 2.24) is 9.78 Å². The Balaban J connectivity index is 1.91. The molecule has 0 saturated carbocycles. The smallest absolute Gasteiger partial charge is 0.462 e. The number of anilines is 1. The van der Waals surface area contributed by atoms with Gasteiger partial charge in [-0.15, -0.1) is 0 Å². The maximum atomic E-state index is 13.8. The van der Waals surface area contributed by atoms with Gasteiger partial charge in [0.15, 0.2) is 5.75 Å². The number of benzene rings is 1. The molecule has 33 heavy (non-hydrogen) atoms. The predicted molar refractivity (Wildman–Crippen MR) is 110 cm³/mol. The zero-order valence-corrected chi connectivity index (χ0v) is 18.7. The lowest BCUT2D eigenvalue weighted by Gasteiger charge is -2.35. The molecule has 182 valence electrons. The van der Waals surface area contributed by atoms with E-state index in [1.54, 1.807) is 11.8 Å². The van der Waals surface area contributed by atoms with E-state index in [4.69, 9.17) is 16.3 Å². The predicted octanol–water partition coefficient (Wildman–Crippen LogP) is 5.05. The van der Waals surface area contributed by atoms with Crippen molar-refractivity contribution in [2.24, 2.45) is 0 Å². The van der Waals surface area contributed by atoms with E-state index in [1.807, 2.05) is 0 Å². The van der Waals surface area contributed by atoms with Gasteiger partial charge in [0.2, 0.25) is 0 Å². The zero-order chi connectivity index (χ0) is 24.3. The third kappa shape index (κ3) is 5.75. The second-order valence-corrected chi connectivity index (χ2v) is 8.56. The van der Waals surface area contributed by atoms with Crippen LogP contribution in [0.15, 0.2) is 24.4 Å². The minimum Gasteiger partial charge on any atom is -0.462 e. The molecule has 0 N–H and O–H groups in total. The first kappa shape index (κ1) is 25.2. The molecule has 1 saturated heterocycles. The zero-order valence-electron chi connectivity index (χ0n) is 17.2. The Kier molecular flexibility index (Phi) is 7.83. The highest BCUT2D eigenvalue weighted by atomic mass is 35.5. The summed E-state index contributed by atoms with van der Waals surface area (Å²) in [5.74, 6) is -1.25. The van der Waals surface area contributed by atoms with Crippen LogP contribution in [0.3, 0.4) is 0 Å². The quantitative estimate of drug-likeness (QED) is 0.379. The Morgan fingerprint density at radius 2 is 2.09 bits per heavy atom. The highest BCUT2D eigenvalue weighted by molar-refractivity contribution is 7.81. The number of hydrogen-bond acceptors (Lipinski definition) is 6. The van der Waals surface area contributed by atoms with Gasteiger partial charge >= 0.3 is 22.6 Å². The van der Waals surface area contributed by atoms with Gasteiger partial charge in [0.05, 0.1) is 24.5 Å². The van der Waals surface area contributed by atoms with E-state index in [2.05, 4.69) is 9.28 Å². The third-order valence-electron chi connectivity index (χ3n) is 4.89. The molecule has 2 atom stereocenters. The number of piperidine rings is 1. The topological polar surface area (TPSA) is 73.7 Å². The molecule has 1 aromatic carbocycles. The summed E-state index contributed by atoms with van der Waals surface area (Å²) in [5.41, 5.74) is -5.91. The van der Waals surface area contributed by atoms with Crippen molar-refractivity contribution in [1.29, 1.82) is 0 Å². The number of ether oxygens (including phenoxy) is 1. The van der Waals surface area contributed by atoms with Crippen molar-refractivity contribution < 1.29 is 39.9 Å². The van der Waals surface area contributed by atoms with Crippen LogP contribution in [0.5, 0.6) is 5.75 Å². The molecule has 1 aromatic heterocycles. The van der Waals surface area contributed by atoms with Gasteiger partial charge < -0.3 is 13.8 Å². The molecule has 7 nitrogen and oxygen atoms in total. The lowest BCUT2D eigenvalue weighted by Crippen LogP contribution is -2.38. The Labute approximate surface area is 193 Å². The van der Waals surface area contributed by atoms with Crippen molar-refractivity contribution in [3.63, 3.8) is 0 Å². The SMILES string of the molecule is CCOC(=O)c1cnn(C2CCCN(c3cc(Cl)ccc3OS(=O)C(F)(F)F)C2)c1C(F)F. The van der Waals surface area contributed by atoms with E-state index < -0.39 is 40.7 Å². The lowest BCUT2D eigenvalue weighted by atomic mass is 10.0. The number of carbonyl (C=O) groups excluding carboxylic acids is 1.